The maximum Gasteiger partial charge on any atom is 0.0304 e. The van der Waals surface area contributed by atoms with Gasteiger partial charge in [0.05, 0.1) is 0 Å². The van der Waals surface area contributed by atoms with Gasteiger partial charge in [0.15, 0.2) is 0 Å². The topological polar surface area (TPSA) is 38.0 Å². The summed E-state index contributed by atoms with van der Waals surface area (Å²) in [6.45, 7) is 4.81. The van der Waals surface area contributed by atoms with Crippen LogP contribution in [0.4, 0.5) is 0 Å². The average Bonchev–Trinajstić information content (AvgIpc) is 1.84. The Morgan fingerprint density at radius 1 is 1.56 bits per heavy atom. The fourth-order valence-corrected chi connectivity index (χ4v) is 0.446. The Hall–Kier alpha value is -0.340. The summed E-state index contributed by atoms with van der Waals surface area (Å²) in [4.78, 5) is 0. The molecule has 0 aliphatic carbocycles. The molecule has 0 saturated heterocycles. The molecule has 2 heteroatoms. The van der Waals surface area contributed by atoms with Crippen molar-refractivity contribution in [1.82, 2.24) is 5.32 Å². The van der Waals surface area contributed by atoms with E-state index in [4.69, 9.17) is 5.73 Å². The van der Waals surface area contributed by atoms with Crippen LogP contribution >= 0.6 is 0 Å². The highest BCUT2D eigenvalue weighted by Gasteiger charge is 2.07. The van der Waals surface area contributed by atoms with Crippen molar-refractivity contribution in [2.45, 2.75) is 19.4 Å². The van der Waals surface area contributed by atoms with E-state index in [1.807, 2.05) is 13.1 Å². The lowest BCUT2D eigenvalue weighted by Gasteiger charge is -2.18. The second kappa shape index (κ2) is 3.64. The number of rotatable bonds is 3. The highest BCUT2D eigenvalue weighted by molar-refractivity contribution is 5.00. The molecule has 2 nitrogen and oxygen atoms in total. The van der Waals surface area contributed by atoms with E-state index in [1.54, 1.807) is 0 Å². The molecule has 0 aromatic carbocycles. The van der Waals surface area contributed by atoms with Crippen molar-refractivity contribution in [2.75, 3.05) is 13.6 Å². The van der Waals surface area contributed by atoms with Gasteiger partial charge in [0.25, 0.3) is 0 Å². The number of likely N-dealkylation sites (N-methyl/N-ethyl adjacent to an activating group) is 1. The van der Waals surface area contributed by atoms with E-state index < -0.39 is 0 Å². The summed E-state index contributed by atoms with van der Waals surface area (Å²) >= 11 is 0. The van der Waals surface area contributed by atoms with Crippen LogP contribution in [0.25, 0.3) is 0 Å². The minimum atomic E-state index is 0.0827. The third-order valence-corrected chi connectivity index (χ3v) is 1.31. The van der Waals surface area contributed by atoms with Gasteiger partial charge in [-0.15, -0.1) is 0 Å². The van der Waals surface area contributed by atoms with Crippen LogP contribution < -0.4 is 11.1 Å². The zero-order chi connectivity index (χ0) is 7.33. The van der Waals surface area contributed by atoms with Gasteiger partial charge in [-0.25, -0.2) is 0 Å². The largest absolute Gasteiger partial charge is 0.327 e. The highest BCUT2D eigenvalue weighted by atomic mass is 14.9. The lowest BCUT2D eigenvalue weighted by atomic mass is 10.1. The van der Waals surface area contributed by atoms with Crippen molar-refractivity contribution in [3.05, 3.63) is 12.2 Å². The Balaban J connectivity index is 3.70. The number of hydrogen-bond donors (Lipinski definition) is 2. The average molecular weight is 128 g/mol. The second-order valence-corrected chi connectivity index (χ2v) is 2.61. The van der Waals surface area contributed by atoms with Crippen molar-refractivity contribution in [3.8, 4) is 0 Å². The van der Waals surface area contributed by atoms with Gasteiger partial charge in [0.1, 0.15) is 0 Å². The molecular formula is C7H16N2. The number of nitrogens with two attached hydrogens (primary N) is 1. The molecule has 54 valence electrons. The molecule has 0 rings (SSSR count). The minimum absolute atomic E-state index is 0.0827. The molecule has 0 heterocycles. The molecule has 0 bridgehead atoms. The molecule has 0 unspecified atom stereocenters. The molecule has 0 amide bonds. The fraction of sp³-hybridized carbons (Fsp3) is 0.714. The van der Waals surface area contributed by atoms with Crippen LogP contribution in [0.5, 0.6) is 0 Å². The monoisotopic (exact) mass is 128 g/mol. The van der Waals surface area contributed by atoms with Gasteiger partial charge in [0, 0.05) is 12.1 Å². The fourth-order valence-electron chi connectivity index (χ4n) is 0.446. The van der Waals surface area contributed by atoms with E-state index in [2.05, 4.69) is 25.2 Å². The lowest BCUT2D eigenvalue weighted by molar-refractivity contribution is 0.527. The van der Waals surface area contributed by atoms with Crippen molar-refractivity contribution in [3.63, 3.8) is 0 Å². The zero-order valence-electron chi connectivity index (χ0n) is 6.44. The molecule has 0 aromatic heterocycles. The summed E-state index contributed by atoms with van der Waals surface area (Å²) in [7, 11) is 1.93. The van der Waals surface area contributed by atoms with E-state index in [0.29, 0.717) is 6.54 Å². The molecular weight excluding hydrogens is 112 g/mol. The molecule has 0 saturated carbocycles. The summed E-state index contributed by atoms with van der Waals surface area (Å²) in [6, 6.07) is 0. The van der Waals surface area contributed by atoms with Crippen molar-refractivity contribution in [1.29, 1.82) is 0 Å². The van der Waals surface area contributed by atoms with Crippen LogP contribution in [0.15, 0.2) is 12.2 Å². The Kier molecular flexibility index (Phi) is 3.50. The minimum Gasteiger partial charge on any atom is -0.327 e. The van der Waals surface area contributed by atoms with E-state index in [1.165, 1.54) is 0 Å². The molecule has 0 atom stereocenters. The predicted octanol–water partition coefficient (Wildman–Crippen LogP) is 0.499. The summed E-state index contributed by atoms with van der Waals surface area (Å²) < 4.78 is 0. The first-order chi connectivity index (χ1) is 4.12. The van der Waals surface area contributed by atoms with Crippen molar-refractivity contribution < 1.29 is 0 Å². The van der Waals surface area contributed by atoms with Gasteiger partial charge in [-0.2, -0.15) is 0 Å². The standard InChI is InChI=1S/C7H16N2/c1-7(2,9-3)5-4-6-8/h4-5,9H,6,8H2,1-3H3/b5-4+. The van der Waals surface area contributed by atoms with Gasteiger partial charge in [-0.05, 0) is 20.9 Å². The van der Waals surface area contributed by atoms with E-state index in [-0.39, 0.29) is 5.54 Å². The van der Waals surface area contributed by atoms with Gasteiger partial charge < -0.3 is 11.1 Å². The van der Waals surface area contributed by atoms with Crippen LogP contribution in [0.3, 0.4) is 0 Å². The normalized spacial score (nSPS) is 12.9. The van der Waals surface area contributed by atoms with Gasteiger partial charge >= 0.3 is 0 Å². The first kappa shape index (κ1) is 8.66. The molecule has 0 radical (unpaired) electrons. The van der Waals surface area contributed by atoms with Crippen LogP contribution in [0.1, 0.15) is 13.8 Å². The van der Waals surface area contributed by atoms with Crippen molar-refractivity contribution in [2.24, 2.45) is 5.73 Å². The SMILES string of the molecule is CNC(C)(C)/C=C/CN. The van der Waals surface area contributed by atoms with Crippen molar-refractivity contribution >= 4 is 0 Å². The predicted molar refractivity (Wildman–Crippen MR) is 41.3 cm³/mol. The maximum atomic E-state index is 5.28. The molecule has 3 N–H and O–H groups in total. The molecule has 9 heavy (non-hydrogen) atoms. The Morgan fingerprint density at radius 3 is 2.44 bits per heavy atom. The first-order valence-corrected chi connectivity index (χ1v) is 3.19. The van der Waals surface area contributed by atoms with Crippen LogP contribution in [0, 0.1) is 0 Å². The molecule has 0 fully saturated rings. The maximum absolute atomic E-state index is 5.28. The Morgan fingerprint density at radius 2 is 2.11 bits per heavy atom. The van der Waals surface area contributed by atoms with E-state index in [9.17, 15) is 0 Å². The third kappa shape index (κ3) is 4.18. The lowest BCUT2D eigenvalue weighted by Crippen LogP contribution is -2.33. The van der Waals surface area contributed by atoms with Gasteiger partial charge in [-0.3, -0.25) is 0 Å². The molecule has 0 aliphatic rings. The number of hydrogen-bond acceptors (Lipinski definition) is 2. The smallest absolute Gasteiger partial charge is 0.0304 e. The Labute approximate surface area is 57.1 Å². The molecule has 0 spiro atoms. The van der Waals surface area contributed by atoms with E-state index >= 15 is 0 Å². The van der Waals surface area contributed by atoms with E-state index in [0.717, 1.165) is 0 Å². The zero-order valence-corrected chi connectivity index (χ0v) is 6.44. The summed E-state index contributed by atoms with van der Waals surface area (Å²) in [6.07, 6.45) is 4.02. The highest BCUT2D eigenvalue weighted by Crippen LogP contribution is 2.00. The quantitative estimate of drug-likeness (QED) is 0.543. The first-order valence-electron chi connectivity index (χ1n) is 3.19. The van der Waals surface area contributed by atoms with Crippen LogP contribution in [0.2, 0.25) is 0 Å². The van der Waals surface area contributed by atoms with Crippen LogP contribution in [-0.2, 0) is 0 Å². The van der Waals surface area contributed by atoms with Gasteiger partial charge in [-0.1, -0.05) is 12.2 Å². The molecule has 0 aliphatic heterocycles. The van der Waals surface area contributed by atoms with Crippen LogP contribution in [-0.4, -0.2) is 19.1 Å². The molecule has 0 aromatic rings. The summed E-state index contributed by atoms with van der Waals surface area (Å²) in [5.41, 5.74) is 5.36. The number of nitrogens with one attached hydrogen (secondary N) is 1. The van der Waals surface area contributed by atoms with Gasteiger partial charge in [0.2, 0.25) is 0 Å². The summed E-state index contributed by atoms with van der Waals surface area (Å²) in [5.74, 6) is 0. The second-order valence-electron chi connectivity index (χ2n) is 2.61. The summed E-state index contributed by atoms with van der Waals surface area (Å²) in [5, 5.41) is 3.13. The Bertz CT molecular complexity index is 95.1. The third-order valence-electron chi connectivity index (χ3n) is 1.31.